The number of benzene rings is 1. The molecule has 1 aromatic carbocycles. The van der Waals surface area contributed by atoms with Gasteiger partial charge in [0.2, 0.25) is 0 Å². The molecule has 28 heavy (non-hydrogen) atoms. The molecule has 0 spiro atoms. The van der Waals surface area contributed by atoms with Crippen LogP contribution in [0.2, 0.25) is 18.1 Å². The summed E-state index contributed by atoms with van der Waals surface area (Å²) in [5.74, 6) is 0. The van der Waals surface area contributed by atoms with Crippen molar-refractivity contribution < 1.29 is 24.1 Å². The van der Waals surface area contributed by atoms with E-state index >= 15 is 0 Å². The summed E-state index contributed by atoms with van der Waals surface area (Å²) in [4.78, 5) is 2.92. The van der Waals surface area contributed by atoms with E-state index in [9.17, 15) is 10.2 Å². The molecular weight excluding hydrogens is 378 g/mol. The van der Waals surface area contributed by atoms with Crippen molar-refractivity contribution in [2.75, 3.05) is 6.61 Å². The highest BCUT2D eigenvalue weighted by Crippen LogP contribution is 2.39. The predicted molar refractivity (Wildman–Crippen MR) is 108 cm³/mol. The van der Waals surface area contributed by atoms with Crippen LogP contribution < -0.4 is 0 Å². The fourth-order valence-electron chi connectivity index (χ4n) is 2.76. The van der Waals surface area contributed by atoms with Crippen molar-refractivity contribution in [1.82, 2.24) is 0 Å². The van der Waals surface area contributed by atoms with Crippen LogP contribution in [-0.2, 0) is 20.5 Å². The summed E-state index contributed by atoms with van der Waals surface area (Å²) in [7, 11) is -2.27. The number of rotatable bonds is 7. The SMILES string of the molecule is CC(C)(C)[Si](C)(C)O[C@@H]1O[C@H](CO)[C@@H](O)[C@H](OCc2ccccc2)[C@H]1N=[N+]=[N-]. The molecule has 1 aliphatic heterocycles. The average Bonchev–Trinajstić information content (AvgIpc) is 2.63. The molecule has 0 unspecified atom stereocenters. The van der Waals surface area contributed by atoms with Crippen LogP contribution in [-0.4, -0.2) is 55.8 Å². The van der Waals surface area contributed by atoms with Gasteiger partial charge in [0, 0.05) is 4.91 Å². The van der Waals surface area contributed by atoms with E-state index < -0.39 is 45.6 Å². The molecule has 1 saturated heterocycles. The molecule has 0 saturated carbocycles. The number of nitrogens with zero attached hydrogens (tertiary/aromatic N) is 3. The molecule has 2 N–H and O–H groups in total. The van der Waals surface area contributed by atoms with Crippen LogP contribution in [0.3, 0.4) is 0 Å². The van der Waals surface area contributed by atoms with Gasteiger partial charge in [0.05, 0.1) is 19.3 Å². The highest BCUT2D eigenvalue weighted by molar-refractivity contribution is 6.74. The van der Waals surface area contributed by atoms with Crippen molar-refractivity contribution in [3.8, 4) is 0 Å². The summed E-state index contributed by atoms with van der Waals surface area (Å²) in [5.41, 5.74) is 10.00. The Morgan fingerprint density at radius 1 is 1.25 bits per heavy atom. The monoisotopic (exact) mass is 409 g/mol. The van der Waals surface area contributed by atoms with E-state index in [-0.39, 0.29) is 11.6 Å². The number of hydrogen-bond acceptors (Lipinski definition) is 6. The first-order chi connectivity index (χ1) is 13.1. The molecule has 9 heteroatoms. The summed E-state index contributed by atoms with van der Waals surface area (Å²) in [6, 6.07) is 8.62. The smallest absolute Gasteiger partial charge is 0.195 e. The van der Waals surface area contributed by atoms with Gasteiger partial charge in [-0.1, -0.05) is 56.2 Å². The largest absolute Gasteiger partial charge is 0.394 e. The third-order valence-corrected chi connectivity index (χ3v) is 9.94. The van der Waals surface area contributed by atoms with E-state index in [2.05, 4.69) is 43.9 Å². The summed E-state index contributed by atoms with van der Waals surface area (Å²) in [6.07, 6.45) is -3.81. The molecule has 1 heterocycles. The lowest BCUT2D eigenvalue weighted by atomic mass is 9.97. The second kappa shape index (κ2) is 9.36. The Bertz CT molecular complexity index is 676. The molecule has 2 rings (SSSR count). The van der Waals surface area contributed by atoms with Crippen LogP contribution in [0.15, 0.2) is 35.4 Å². The normalized spacial score (nSPS) is 28.6. The lowest BCUT2D eigenvalue weighted by Crippen LogP contribution is -2.61. The lowest BCUT2D eigenvalue weighted by molar-refractivity contribution is -0.253. The molecule has 1 aliphatic rings. The zero-order chi connectivity index (χ0) is 20.9. The van der Waals surface area contributed by atoms with E-state index in [1.165, 1.54) is 0 Å². The molecule has 0 bridgehead atoms. The molecule has 0 aliphatic carbocycles. The van der Waals surface area contributed by atoms with E-state index in [1.54, 1.807) is 0 Å². The Hall–Kier alpha value is -1.45. The van der Waals surface area contributed by atoms with E-state index in [1.807, 2.05) is 30.3 Å². The Kier molecular flexibility index (Phi) is 7.63. The number of aliphatic hydroxyl groups excluding tert-OH is 2. The Balaban J connectivity index is 2.27. The van der Waals surface area contributed by atoms with E-state index in [0.717, 1.165) is 5.56 Å². The Morgan fingerprint density at radius 2 is 1.89 bits per heavy atom. The zero-order valence-electron chi connectivity index (χ0n) is 17.1. The van der Waals surface area contributed by atoms with E-state index in [4.69, 9.17) is 19.4 Å². The van der Waals surface area contributed by atoms with Gasteiger partial charge in [0.25, 0.3) is 0 Å². The molecule has 0 aromatic heterocycles. The average molecular weight is 410 g/mol. The van der Waals surface area contributed by atoms with Crippen molar-refractivity contribution in [1.29, 1.82) is 0 Å². The highest BCUT2D eigenvalue weighted by atomic mass is 28.4. The second-order valence-electron chi connectivity index (χ2n) is 8.55. The van der Waals surface area contributed by atoms with Crippen molar-refractivity contribution in [3.05, 3.63) is 46.3 Å². The van der Waals surface area contributed by atoms with Crippen molar-refractivity contribution in [2.24, 2.45) is 5.11 Å². The van der Waals surface area contributed by atoms with Crippen LogP contribution in [0.1, 0.15) is 26.3 Å². The van der Waals surface area contributed by atoms with E-state index in [0.29, 0.717) is 0 Å². The van der Waals surface area contributed by atoms with Crippen LogP contribution in [0.5, 0.6) is 0 Å². The molecule has 5 atom stereocenters. The third kappa shape index (κ3) is 5.33. The van der Waals surface area contributed by atoms with Gasteiger partial charge in [-0.3, -0.25) is 0 Å². The van der Waals surface area contributed by atoms with Gasteiger partial charge in [-0.2, -0.15) is 0 Å². The van der Waals surface area contributed by atoms with Crippen LogP contribution in [0.4, 0.5) is 0 Å². The number of hydrogen-bond donors (Lipinski definition) is 2. The minimum atomic E-state index is -2.27. The molecular formula is C19H31N3O5Si. The summed E-state index contributed by atoms with van der Waals surface area (Å²) in [6.45, 7) is 10.2. The molecule has 8 nitrogen and oxygen atoms in total. The summed E-state index contributed by atoms with van der Waals surface area (Å²) in [5, 5.41) is 24.0. The molecule has 156 valence electrons. The fourth-order valence-corrected chi connectivity index (χ4v) is 3.89. The quantitative estimate of drug-likeness (QED) is 0.310. The molecule has 1 aromatic rings. The van der Waals surface area contributed by atoms with Crippen LogP contribution in [0, 0.1) is 0 Å². The lowest BCUT2D eigenvalue weighted by Gasteiger charge is -2.47. The Labute approximate surface area is 167 Å². The minimum Gasteiger partial charge on any atom is -0.394 e. The first-order valence-electron chi connectivity index (χ1n) is 9.42. The summed E-state index contributed by atoms with van der Waals surface area (Å²) < 4.78 is 18.1. The maximum Gasteiger partial charge on any atom is 0.195 e. The fraction of sp³-hybridized carbons (Fsp3) is 0.684. The van der Waals surface area contributed by atoms with Crippen molar-refractivity contribution in [3.63, 3.8) is 0 Å². The standard InChI is InChI=1S/C19H31N3O5Si/c1-19(2,3)28(4,5)27-18-15(21-22-20)17(16(24)14(11-23)26-18)25-12-13-9-7-6-8-10-13/h6-10,14-18,23-24H,11-12H2,1-5H3/t14-,15-,16-,17-,18+/m1/s1. The van der Waals surface area contributed by atoms with Gasteiger partial charge in [-0.15, -0.1) is 0 Å². The number of ether oxygens (including phenoxy) is 2. The van der Waals surface area contributed by atoms with Crippen molar-refractivity contribution >= 4 is 8.32 Å². The first-order valence-corrected chi connectivity index (χ1v) is 12.3. The second-order valence-corrected chi connectivity index (χ2v) is 13.3. The molecule has 0 amide bonds. The first kappa shape index (κ1) is 22.8. The van der Waals surface area contributed by atoms with Crippen molar-refractivity contribution in [2.45, 2.75) is 76.2 Å². The third-order valence-electron chi connectivity index (χ3n) is 5.51. The molecule has 1 fully saturated rings. The maximum atomic E-state index is 10.6. The zero-order valence-corrected chi connectivity index (χ0v) is 18.1. The van der Waals surface area contributed by atoms with Gasteiger partial charge in [-0.25, -0.2) is 0 Å². The maximum absolute atomic E-state index is 10.6. The van der Waals surface area contributed by atoms with Gasteiger partial charge < -0.3 is 24.1 Å². The topological polar surface area (TPSA) is 117 Å². The summed E-state index contributed by atoms with van der Waals surface area (Å²) >= 11 is 0. The van der Waals surface area contributed by atoms with Crippen LogP contribution >= 0.6 is 0 Å². The Morgan fingerprint density at radius 3 is 2.43 bits per heavy atom. The van der Waals surface area contributed by atoms with Gasteiger partial charge in [-0.05, 0) is 29.2 Å². The van der Waals surface area contributed by atoms with Gasteiger partial charge >= 0.3 is 0 Å². The molecule has 0 radical (unpaired) electrons. The van der Waals surface area contributed by atoms with Gasteiger partial charge in [0.15, 0.2) is 14.6 Å². The van der Waals surface area contributed by atoms with Crippen LogP contribution in [0.25, 0.3) is 10.4 Å². The number of azide groups is 1. The predicted octanol–water partition coefficient (Wildman–Crippen LogP) is 3.35. The highest BCUT2D eigenvalue weighted by Gasteiger charge is 2.49. The minimum absolute atomic E-state index is 0.0948. The number of aliphatic hydroxyl groups is 2. The van der Waals surface area contributed by atoms with Gasteiger partial charge in [0.1, 0.15) is 18.2 Å².